The van der Waals surface area contributed by atoms with Crippen molar-refractivity contribution in [1.82, 2.24) is 18.9 Å². The zero-order valence-corrected chi connectivity index (χ0v) is 13.6. The van der Waals surface area contributed by atoms with E-state index in [9.17, 15) is 9.90 Å². The van der Waals surface area contributed by atoms with Crippen LogP contribution in [-0.4, -0.2) is 50.2 Å². The fourth-order valence-electron chi connectivity index (χ4n) is 2.28. The number of rotatable bonds is 12. The molecule has 0 aromatic carbocycles. The van der Waals surface area contributed by atoms with Gasteiger partial charge in [0.15, 0.2) is 0 Å². The maximum absolute atomic E-state index is 12.5. The van der Waals surface area contributed by atoms with Gasteiger partial charge in [-0.2, -0.15) is 0 Å². The summed E-state index contributed by atoms with van der Waals surface area (Å²) in [5.74, 6) is -0.0646. The van der Waals surface area contributed by atoms with Crippen LogP contribution < -0.4 is 5.69 Å². The molecule has 0 amide bonds. The Labute approximate surface area is 137 Å². The summed E-state index contributed by atoms with van der Waals surface area (Å²) in [7, 11) is 0. The van der Waals surface area contributed by atoms with Crippen LogP contribution in [-0.2, 0) is 13.3 Å². The Morgan fingerprint density at radius 1 is 0.913 bits per heavy atom. The maximum Gasteiger partial charge on any atom is 0.333 e. The van der Waals surface area contributed by atoms with Crippen molar-refractivity contribution in [3.63, 3.8) is 0 Å². The van der Waals surface area contributed by atoms with Crippen LogP contribution in [0.2, 0.25) is 0 Å². The van der Waals surface area contributed by atoms with Crippen molar-refractivity contribution < 1.29 is 5.11 Å². The fraction of sp³-hybridized carbons (Fsp3) is 0.353. The lowest BCUT2D eigenvalue weighted by molar-refractivity contribution is 0.238. The summed E-state index contributed by atoms with van der Waals surface area (Å²) in [5, 5.41) is 10.1. The number of imidazole rings is 1. The Morgan fingerprint density at radius 2 is 1.35 bits per heavy atom. The molecule has 1 rings (SSSR count). The van der Waals surface area contributed by atoms with Gasteiger partial charge < -0.3 is 5.11 Å². The number of hydrogen-bond donors (Lipinski definition) is 1. The molecule has 1 heterocycles. The first-order valence-corrected chi connectivity index (χ1v) is 7.44. The van der Waals surface area contributed by atoms with Crippen LogP contribution in [0.4, 0.5) is 0 Å². The first-order chi connectivity index (χ1) is 11.1. The Morgan fingerprint density at radius 3 is 1.78 bits per heavy atom. The molecule has 0 saturated carbocycles. The van der Waals surface area contributed by atoms with E-state index in [1.165, 1.54) is 15.3 Å². The van der Waals surface area contributed by atoms with Crippen molar-refractivity contribution in [1.29, 1.82) is 0 Å². The van der Waals surface area contributed by atoms with Crippen molar-refractivity contribution in [3.8, 4) is 5.88 Å². The number of aromatic nitrogens is 2. The van der Waals surface area contributed by atoms with Crippen molar-refractivity contribution in [3.05, 3.63) is 67.3 Å². The van der Waals surface area contributed by atoms with Gasteiger partial charge in [-0.05, 0) is 0 Å². The molecule has 6 heteroatoms. The smallest absolute Gasteiger partial charge is 0.333 e. The second-order valence-corrected chi connectivity index (χ2v) is 5.18. The standard InChI is InChI=1S/C17H26N4O2/c1-5-9-18(10-6-2)14-20-13-16(22)21(17(20)23)15-19(11-7-3)12-8-4/h5-8,13,22H,1-4,9-12,14-15H2. The lowest BCUT2D eigenvalue weighted by Gasteiger charge is -2.19. The monoisotopic (exact) mass is 318 g/mol. The van der Waals surface area contributed by atoms with E-state index in [1.807, 2.05) is 9.80 Å². The normalized spacial score (nSPS) is 10.9. The summed E-state index contributed by atoms with van der Waals surface area (Å²) in [6.45, 7) is 17.9. The third-order valence-electron chi connectivity index (χ3n) is 3.27. The van der Waals surface area contributed by atoms with Crippen molar-refractivity contribution in [2.24, 2.45) is 0 Å². The molecule has 0 saturated heterocycles. The number of aromatic hydroxyl groups is 1. The average molecular weight is 318 g/mol. The van der Waals surface area contributed by atoms with E-state index < -0.39 is 0 Å². The molecule has 126 valence electrons. The van der Waals surface area contributed by atoms with E-state index >= 15 is 0 Å². The first-order valence-electron chi connectivity index (χ1n) is 7.44. The van der Waals surface area contributed by atoms with Crippen molar-refractivity contribution in [2.75, 3.05) is 26.2 Å². The summed E-state index contributed by atoms with van der Waals surface area (Å²) in [5.41, 5.74) is -0.265. The average Bonchev–Trinajstić information content (AvgIpc) is 2.76. The molecule has 0 spiro atoms. The van der Waals surface area contributed by atoms with Gasteiger partial charge in [-0.3, -0.25) is 14.4 Å². The lowest BCUT2D eigenvalue weighted by atomic mass is 10.5. The van der Waals surface area contributed by atoms with Crippen LogP contribution in [0.15, 0.2) is 61.6 Å². The van der Waals surface area contributed by atoms with Crippen LogP contribution in [0, 0.1) is 0 Å². The molecule has 0 aliphatic rings. The Hall–Kier alpha value is -2.31. The van der Waals surface area contributed by atoms with E-state index in [1.54, 1.807) is 24.3 Å². The van der Waals surface area contributed by atoms with Gasteiger partial charge in [0, 0.05) is 26.2 Å². The van der Waals surface area contributed by atoms with Gasteiger partial charge in [0.1, 0.15) is 0 Å². The second-order valence-electron chi connectivity index (χ2n) is 5.18. The highest BCUT2D eigenvalue weighted by Gasteiger charge is 2.14. The molecule has 6 nitrogen and oxygen atoms in total. The lowest BCUT2D eigenvalue weighted by Crippen LogP contribution is -2.36. The Balaban J connectivity index is 2.95. The highest BCUT2D eigenvalue weighted by atomic mass is 16.3. The minimum atomic E-state index is -0.265. The first kappa shape index (κ1) is 18.7. The molecular formula is C17H26N4O2. The molecular weight excluding hydrogens is 292 g/mol. The molecule has 1 N–H and O–H groups in total. The van der Waals surface area contributed by atoms with E-state index in [0.29, 0.717) is 32.8 Å². The third-order valence-corrected chi connectivity index (χ3v) is 3.27. The molecule has 0 unspecified atom stereocenters. The fourth-order valence-corrected chi connectivity index (χ4v) is 2.28. The van der Waals surface area contributed by atoms with Crippen LogP contribution in [0.3, 0.4) is 0 Å². The van der Waals surface area contributed by atoms with E-state index in [2.05, 4.69) is 26.3 Å². The van der Waals surface area contributed by atoms with Gasteiger partial charge >= 0.3 is 5.69 Å². The van der Waals surface area contributed by atoms with Crippen LogP contribution in [0.25, 0.3) is 0 Å². The molecule has 0 aliphatic carbocycles. The molecule has 1 aromatic heterocycles. The Kier molecular flexibility index (Phi) is 7.87. The summed E-state index contributed by atoms with van der Waals surface area (Å²) in [4.78, 5) is 16.4. The molecule has 0 aliphatic heterocycles. The zero-order chi connectivity index (χ0) is 17.2. The van der Waals surface area contributed by atoms with Gasteiger partial charge in [0.25, 0.3) is 0 Å². The minimum absolute atomic E-state index is 0.0646. The van der Waals surface area contributed by atoms with Crippen LogP contribution in [0.1, 0.15) is 0 Å². The van der Waals surface area contributed by atoms with Gasteiger partial charge in [-0.25, -0.2) is 9.36 Å². The molecule has 0 radical (unpaired) electrons. The maximum atomic E-state index is 12.5. The van der Waals surface area contributed by atoms with Crippen molar-refractivity contribution >= 4 is 0 Å². The predicted octanol–water partition coefficient (Wildman–Crippen LogP) is 1.62. The second kappa shape index (κ2) is 9.66. The van der Waals surface area contributed by atoms with Gasteiger partial charge in [0.2, 0.25) is 5.88 Å². The van der Waals surface area contributed by atoms with E-state index in [0.717, 1.165) is 0 Å². The van der Waals surface area contributed by atoms with Gasteiger partial charge in [-0.15, -0.1) is 26.3 Å². The van der Waals surface area contributed by atoms with Crippen molar-refractivity contribution in [2.45, 2.75) is 13.3 Å². The summed E-state index contributed by atoms with van der Waals surface area (Å²) < 4.78 is 2.80. The molecule has 0 atom stereocenters. The quantitative estimate of drug-likeness (QED) is 0.595. The van der Waals surface area contributed by atoms with Crippen LogP contribution >= 0.6 is 0 Å². The van der Waals surface area contributed by atoms with Crippen LogP contribution in [0.5, 0.6) is 5.88 Å². The summed E-state index contributed by atoms with van der Waals surface area (Å²) in [6.07, 6.45) is 8.47. The molecule has 1 aromatic rings. The van der Waals surface area contributed by atoms with Gasteiger partial charge in [0.05, 0.1) is 19.5 Å². The number of hydrogen-bond acceptors (Lipinski definition) is 4. The largest absolute Gasteiger partial charge is 0.493 e. The molecule has 0 fully saturated rings. The van der Waals surface area contributed by atoms with E-state index in [-0.39, 0.29) is 18.2 Å². The third kappa shape index (κ3) is 5.43. The number of nitrogens with zero attached hydrogens (tertiary/aromatic N) is 4. The predicted molar refractivity (Wildman–Crippen MR) is 94.3 cm³/mol. The Bertz CT molecular complexity index is 580. The van der Waals surface area contributed by atoms with Gasteiger partial charge in [-0.1, -0.05) is 24.3 Å². The summed E-state index contributed by atoms with van der Waals surface area (Å²) in [6, 6.07) is 0. The molecule has 0 bridgehead atoms. The SMILES string of the molecule is C=CCN(CC=C)Cn1cc(O)n(CN(CC=C)CC=C)c1=O. The highest BCUT2D eigenvalue weighted by Crippen LogP contribution is 2.08. The van der Waals surface area contributed by atoms with E-state index in [4.69, 9.17) is 0 Å². The molecule has 23 heavy (non-hydrogen) atoms. The zero-order valence-electron chi connectivity index (χ0n) is 13.6. The summed E-state index contributed by atoms with van der Waals surface area (Å²) >= 11 is 0. The highest BCUT2D eigenvalue weighted by molar-refractivity contribution is 5.05. The minimum Gasteiger partial charge on any atom is -0.493 e. The topological polar surface area (TPSA) is 53.6 Å².